The first-order valence-corrected chi connectivity index (χ1v) is 18.6. The van der Waals surface area contributed by atoms with Crippen molar-refractivity contribution < 1.29 is 32.6 Å². The van der Waals surface area contributed by atoms with Gasteiger partial charge in [-0.2, -0.15) is 11.8 Å². The van der Waals surface area contributed by atoms with E-state index in [-0.39, 0.29) is 37.1 Å². The van der Waals surface area contributed by atoms with Gasteiger partial charge < -0.3 is 20.1 Å². The summed E-state index contributed by atoms with van der Waals surface area (Å²) in [5.74, 6) is -0.772. The van der Waals surface area contributed by atoms with Crippen LogP contribution in [0.25, 0.3) is 11.1 Å². The predicted octanol–water partition coefficient (Wildman–Crippen LogP) is 4.71. The number of carbonyl (C=O) groups is 3. The summed E-state index contributed by atoms with van der Waals surface area (Å²) in [5.41, 5.74) is 3.61. The second-order valence-corrected chi connectivity index (χ2v) is 15.1. The van der Waals surface area contributed by atoms with Crippen molar-refractivity contribution >= 4 is 39.4 Å². The van der Waals surface area contributed by atoms with E-state index >= 15 is 0 Å². The average molecular weight is 645 g/mol. The Morgan fingerprint density at radius 2 is 1.75 bits per heavy atom. The van der Waals surface area contributed by atoms with Crippen molar-refractivity contribution in [2.24, 2.45) is 5.92 Å². The second kappa shape index (κ2) is 15.9. The minimum atomic E-state index is -3.12. The molecule has 0 aromatic heterocycles. The van der Waals surface area contributed by atoms with Gasteiger partial charge in [0.05, 0.1) is 18.1 Å². The number of hydrogen-bond acceptors (Lipinski definition) is 7. The van der Waals surface area contributed by atoms with Gasteiger partial charge in [-0.1, -0.05) is 62.4 Å². The molecule has 2 aromatic rings. The molecule has 2 fully saturated rings. The number of nitrogens with one attached hydrogen (secondary N) is 1. The third kappa shape index (κ3) is 9.31. The maximum absolute atomic E-state index is 13.6. The third-order valence-electron chi connectivity index (χ3n) is 8.63. The first kappa shape index (κ1) is 34.0. The third-order valence-corrected chi connectivity index (χ3v) is 10.9. The zero-order valence-corrected chi connectivity index (χ0v) is 27.3. The number of nitrogens with zero attached hydrogens (tertiary/aromatic N) is 1. The molecule has 1 saturated carbocycles. The number of carboxylic acid groups (broad SMARTS) is 1. The van der Waals surface area contributed by atoms with E-state index in [1.165, 1.54) is 18.2 Å². The Hall–Kier alpha value is -2.89. The van der Waals surface area contributed by atoms with Gasteiger partial charge in [0.25, 0.3) is 11.8 Å². The molecule has 11 heteroatoms. The van der Waals surface area contributed by atoms with Gasteiger partial charge in [-0.15, -0.1) is 0 Å². The lowest BCUT2D eigenvalue weighted by molar-refractivity contribution is -0.146. The fraction of sp³-hybridized carbons (Fsp3) is 0.545. The summed E-state index contributed by atoms with van der Waals surface area (Å²) in [6.07, 6.45) is 7.69. The predicted molar refractivity (Wildman–Crippen MR) is 174 cm³/mol. The maximum Gasteiger partial charge on any atom is 0.326 e. The van der Waals surface area contributed by atoms with E-state index in [9.17, 15) is 27.9 Å². The molecule has 1 heterocycles. The molecule has 2 aliphatic rings. The molecule has 1 unspecified atom stereocenters. The standard InChI is InChI=1S/C33H44N2O7S2/c1-23-8-6-7-11-26(23)28-20-25(12-13-27(28)31(36)34-29(33(38)39)14-17-43-2)22-42-30(21-24-9-4-3-5-10-24)32(37)35-15-18-44(40,41)19-16-35/h6-8,11-13,20,24,29-30H,3-5,9-10,14-19,21-22H2,1-2H3,(H,34,36)(H,38,39)/t29-,30?/m0/s1. The van der Waals surface area contributed by atoms with E-state index < -0.39 is 33.9 Å². The fourth-order valence-electron chi connectivity index (χ4n) is 6.01. The lowest BCUT2D eigenvalue weighted by Gasteiger charge is -2.32. The van der Waals surface area contributed by atoms with E-state index in [1.807, 2.05) is 43.5 Å². The van der Waals surface area contributed by atoms with Crippen LogP contribution in [0.4, 0.5) is 0 Å². The Labute approximate surface area is 265 Å². The number of amides is 2. The number of sulfone groups is 1. The van der Waals surface area contributed by atoms with Crippen LogP contribution in [0.5, 0.6) is 0 Å². The van der Waals surface area contributed by atoms with Crippen LogP contribution in [0.3, 0.4) is 0 Å². The molecular formula is C33H44N2O7S2. The van der Waals surface area contributed by atoms with Gasteiger partial charge in [0.1, 0.15) is 12.1 Å². The first-order chi connectivity index (χ1) is 21.1. The highest BCUT2D eigenvalue weighted by Crippen LogP contribution is 2.31. The number of carboxylic acids is 1. The largest absolute Gasteiger partial charge is 0.480 e. The Bertz CT molecular complexity index is 1410. The van der Waals surface area contributed by atoms with Crippen LogP contribution in [0.2, 0.25) is 0 Å². The smallest absolute Gasteiger partial charge is 0.326 e. The molecular weight excluding hydrogens is 601 g/mol. The number of rotatable bonds is 13. The zero-order chi connectivity index (χ0) is 31.7. The van der Waals surface area contributed by atoms with Crippen LogP contribution in [-0.4, -0.2) is 85.0 Å². The number of carbonyl (C=O) groups excluding carboxylic acids is 2. The first-order valence-electron chi connectivity index (χ1n) is 15.4. The number of aryl methyl sites for hydroxylation is 1. The van der Waals surface area contributed by atoms with E-state index in [4.69, 9.17) is 4.74 Å². The van der Waals surface area contributed by atoms with Gasteiger partial charge in [-0.3, -0.25) is 9.59 Å². The van der Waals surface area contributed by atoms with Crippen LogP contribution in [0.1, 0.15) is 66.4 Å². The molecule has 2 amide bonds. The van der Waals surface area contributed by atoms with E-state index in [1.54, 1.807) is 17.0 Å². The van der Waals surface area contributed by atoms with Crippen molar-refractivity contribution in [2.75, 3.05) is 36.6 Å². The number of aliphatic carboxylic acids is 1. The molecule has 1 saturated heterocycles. The molecule has 2 aromatic carbocycles. The van der Waals surface area contributed by atoms with Crippen molar-refractivity contribution in [3.8, 4) is 11.1 Å². The van der Waals surface area contributed by atoms with Gasteiger partial charge in [0.2, 0.25) is 0 Å². The molecule has 0 bridgehead atoms. The molecule has 4 rings (SSSR count). The van der Waals surface area contributed by atoms with Crippen LogP contribution in [0, 0.1) is 12.8 Å². The number of ether oxygens (including phenoxy) is 1. The zero-order valence-electron chi connectivity index (χ0n) is 25.6. The van der Waals surface area contributed by atoms with Gasteiger partial charge in [0, 0.05) is 18.7 Å². The minimum Gasteiger partial charge on any atom is -0.480 e. The van der Waals surface area contributed by atoms with E-state index in [2.05, 4.69) is 5.32 Å². The molecule has 44 heavy (non-hydrogen) atoms. The van der Waals surface area contributed by atoms with E-state index in [0.717, 1.165) is 42.4 Å². The van der Waals surface area contributed by atoms with Crippen molar-refractivity contribution in [3.63, 3.8) is 0 Å². The summed E-state index contributed by atoms with van der Waals surface area (Å²) in [6, 6.07) is 12.0. The Kier molecular flexibility index (Phi) is 12.3. The molecule has 1 aliphatic carbocycles. The highest BCUT2D eigenvalue weighted by molar-refractivity contribution is 7.98. The highest BCUT2D eigenvalue weighted by Gasteiger charge is 2.32. The number of hydrogen-bond donors (Lipinski definition) is 2. The minimum absolute atomic E-state index is 0.0295. The molecule has 9 nitrogen and oxygen atoms in total. The molecule has 2 atom stereocenters. The van der Waals surface area contributed by atoms with Crippen molar-refractivity contribution in [1.82, 2.24) is 10.2 Å². The second-order valence-electron chi connectivity index (χ2n) is 11.9. The summed E-state index contributed by atoms with van der Waals surface area (Å²) < 4.78 is 30.3. The molecule has 2 N–H and O–H groups in total. The summed E-state index contributed by atoms with van der Waals surface area (Å²) in [4.78, 5) is 40.5. The van der Waals surface area contributed by atoms with Crippen molar-refractivity contribution in [2.45, 2.75) is 70.6 Å². The molecule has 240 valence electrons. The Balaban J connectivity index is 1.57. The Morgan fingerprint density at radius 3 is 2.41 bits per heavy atom. The molecule has 0 spiro atoms. The molecule has 0 radical (unpaired) electrons. The fourth-order valence-corrected chi connectivity index (χ4v) is 7.68. The van der Waals surface area contributed by atoms with Gasteiger partial charge in [-0.25, -0.2) is 13.2 Å². The quantitative estimate of drug-likeness (QED) is 0.321. The Morgan fingerprint density at radius 1 is 1.05 bits per heavy atom. The summed E-state index contributed by atoms with van der Waals surface area (Å²) in [5, 5.41) is 12.4. The summed E-state index contributed by atoms with van der Waals surface area (Å²) in [6.45, 7) is 2.46. The SMILES string of the molecule is CSCC[C@H](NC(=O)c1ccc(COC(CC2CCCCC2)C(=O)N2CCS(=O)(=O)CC2)cc1-c1ccccc1C)C(=O)O. The van der Waals surface area contributed by atoms with Gasteiger partial charge in [0.15, 0.2) is 9.84 Å². The van der Waals surface area contributed by atoms with Crippen molar-refractivity contribution in [3.05, 3.63) is 59.2 Å². The maximum atomic E-state index is 13.6. The lowest BCUT2D eigenvalue weighted by atomic mass is 9.85. The lowest BCUT2D eigenvalue weighted by Crippen LogP contribution is -2.48. The topological polar surface area (TPSA) is 130 Å². The summed E-state index contributed by atoms with van der Waals surface area (Å²) >= 11 is 1.52. The van der Waals surface area contributed by atoms with Crippen LogP contribution >= 0.6 is 11.8 Å². The number of thioether (sulfide) groups is 1. The van der Waals surface area contributed by atoms with Crippen LogP contribution < -0.4 is 5.32 Å². The highest BCUT2D eigenvalue weighted by atomic mass is 32.2. The normalized spacial score (nSPS) is 18.4. The van der Waals surface area contributed by atoms with Crippen LogP contribution in [-0.2, 0) is 30.8 Å². The van der Waals surface area contributed by atoms with Gasteiger partial charge >= 0.3 is 5.97 Å². The van der Waals surface area contributed by atoms with E-state index in [0.29, 0.717) is 35.6 Å². The van der Waals surface area contributed by atoms with Crippen molar-refractivity contribution in [1.29, 1.82) is 0 Å². The molecule has 1 aliphatic heterocycles. The number of benzene rings is 2. The van der Waals surface area contributed by atoms with Gasteiger partial charge in [-0.05, 0) is 72.1 Å². The monoisotopic (exact) mass is 644 g/mol. The average Bonchev–Trinajstić information content (AvgIpc) is 3.01. The van der Waals surface area contributed by atoms with Crippen LogP contribution in [0.15, 0.2) is 42.5 Å². The summed E-state index contributed by atoms with van der Waals surface area (Å²) in [7, 11) is -3.12.